The molecule has 3 unspecified atom stereocenters. The predicted molar refractivity (Wildman–Crippen MR) is 141 cm³/mol. The molecule has 2 aromatic rings. The molecule has 3 atom stereocenters. The second-order valence-corrected chi connectivity index (χ2v) is 10.7. The van der Waals surface area contributed by atoms with Gasteiger partial charge in [0.1, 0.15) is 4.99 Å². The van der Waals surface area contributed by atoms with Gasteiger partial charge in [0.2, 0.25) is 0 Å². The quantitative estimate of drug-likeness (QED) is 0.232. The maximum Gasteiger partial charge on any atom is 0.106 e. The fraction of sp³-hybridized carbons (Fsp3) is 0.320. The molecule has 2 N–H and O–H groups in total. The fourth-order valence-electron chi connectivity index (χ4n) is 4.06. The Bertz CT molecular complexity index is 1040. The van der Waals surface area contributed by atoms with Crippen LogP contribution in [-0.4, -0.2) is 15.9 Å². The van der Waals surface area contributed by atoms with E-state index in [4.69, 9.17) is 47.0 Å². The smallest absolute Gasteiger partial charge is 0.106 e. The van der Waals surface area contributed by atoms with Gasteiger partial charge in [0.15, 0.2) is 0 Å². The highest BCUT2D eigenvalue weighted by Gasteiger charge is 2.62. The normalized spacial score (nSPS) is 22.2. The molecule has 31 heavy (non-hydrogen) atoms. The minimum absolute atomic E-state index is 0.0676. The summed E-state index contributed by atoms with van der Waals surface area (Å²) in [6, 6.07) is 12.0. The van der Waals surface area contributed by atoms with E-state index >= 15 is 0 Å². The van der Waals surface area contributed by atoms with Crippen LogP contribution in [-0.2, 0) is 0 Å². The van der Waals surface area contributed by atoms with Gasteiger partial charge >= 0.3 is 0 Å². The summed E-state index contributed by atoms with van der Waals surface area (Å²) in [5.74, 6) is 0.203. The third kappa shape index (κ3) is 5.28. The molecule has 0 radical (unpaired) electrons. The van der Waals surface area contributed by atoms with Crippen molar-refractivity contribution in [1.82, 2.24) is 5.32 Å². The Hall–Kier alpha value is -1.52. The molecule has 0 bridgehead atoms. The van der Waals surface area contributed by atoms with Crippen LogP contribution < -0.4 is 10.6 Å². The van der Waals surface area contributed by atoms with E-state index in [1.807, 2.05) is 58.0 Å². The van der Waals surface area contributed by atoms with Crippen LogP contribution in [0.5, 0.6) is 0 Å². The van der Waals surface area contributed by atoms with E-state index < -0.39 is 4.87 Å². The first-order chi connectivity index (χ1) is 14.4. The lowest BCUT2D eigenvalue weighted by molar-refractivity contribution is 0.743. The number of thiocarbonyl (C=S) groups is 1. The third-order valence-corrected chi connectivity index (χ3v) is 6.91. The second-order valence-electron chi connectivity index (χ2n) is 8.62. The van der Waals surface area contributed by atoms with Crippen LogP contribution >= 0.6 is 47.0 Å². The number of aryl methyl sites for hydroxylation is 1. The van der Waals surface area contributed by atoms with Gasteiger partial charge in [-0.1, -0.05) is 54.6 Å². The molecule has 2 nitrogen and oxygen atoms in total. The summed E-state index contributed by atoms with van der Waals surface area (Å²) in [6.45, 7) is 16.5. The van der Waals surface area contributed by atoms with Gasteiger partial charge in [0.05, 0.1) is 4.87 Å². The monoisotopic (exact) mass is 492 g/mol. The molecule has 2 aromatic carbocycles. The molecule has 1 aliphatic rings. The highest BCUT2D eigenvalue weighted by molar-refractivity contribution is 7.81. The second kappa shape index (κ2) is 9.15. The van der Waals surface area contributed by atoms with Crippen LogP contribution in [0.3, 0.4) is 0 Å². The predicted octanol–water partition coefficient (Wildman–Crippen LogP) is 7.98. The summed E-state index contributed by atoms with van der Waals surface area (Å²) >= 11 is 25.0. The lowest BCUT2D eigenvalue weighted by atomic mass is 10.0. The Morgan fingerprint density at radius 3 is 2.42 bits per heavy atom. The maximum absolute atomic E-state index is 6.87. The van der Waals surface area contributed by atoms with E-state index in [9.17, 15) is 0 Å². The molecule has 0 aromatic heterocycles. The number of hydrogen-bond donors (Lipinski definition) is 2. The van der Waals surface area contributed by atoms with Crippen molar-refractivity contribution >= 4 is 63.3 Å². The van der Waals surface area contributed by atoms with E-state index in [1.54, 1.807) is 0 Å². The lowest BCUT2D eigenvalue weighted by Gasteiger charge is -2.17. The molecule has 0 amide bonds. The van der Waals surface area contributed by atoms with Crippen molar-refractivity contribution in [3.63, 3.8) is 0 Å². The zero-order chi connectivity index (χ0) is 23.1. The standard InChI is InChI=1S/C25H27Cl3N2S/c1-13(2)29-24(31)15(4)20-12-19(7-8-21(20)27)30-16(5)22-23(25(22,6)28)17-9-14(3)10-18(26)11-17/h7-13,22-23,30H,4-5H2,1-3,6H3,(H,29,31). The van der Waals surface area contributed by atoms with Crippen LogP contribution in [0.1, 0.15) is 43.4 Å². The third-order valence-electron chi connectivity index (χ3n) is 5.53. The minimum atomic E-state index is -0.428. The largest absolute Gasteiger partial charge is 0.374 e. The van der Waals surface area contributed by atoms with Crippen LogP contribution in [0.2, 0.25) is 10.0 Å². The molecule has 1 saturated carbocycles. The number of allylic oxidation sites excluding steroid dienone is 1. The average molecular weight is 494 g/mol. The van der Waals surface area contributed by atoms with Gasteiger partial charge in [0, 0.05) is 50.4 Å². The van der Waals surface area contributed by atoms with Crippen molar-refractivity contribution in [2.45, 2.75) is 44.5 Å². The molecule has 0 heterocycles. The summed E-state index contributed by atoms with van der Waals surface area (Å²) in [4.78, 5) is 0.155. The van der Waals surface area contributed by atoms with Crippen molar-refractivity contribution in [2.75, 3.05) is 5.32 Å². The maximum atomic E-state index is 6.87. The number of anilines is 1. The number of nitrogens with one attached hydrogen (secondary N) is 2. The molecule has 6 heteroatoms. The Labute approximate surface area is 205 Å². The average Bonchev–Trinajstić information content (AvgIpc) is 3.23. The molecule has 0 saturated heterocycles. The zero-order valence-corrected chi connectivity index (χ0v) is 21.2. The number of benzene rings is 2. The fourth-order valence-corrected chi connectivity index (χ4v) is 5.38. The summed E-state index contributed by atoms with van der Waals surface area (Å²) in [5.41, 5.74) is 5.42. The van der Waals surface area contributed by atoms with Crippen molar-refractivity contribution < 1.29 is 0 Å². The van der Waals surface area contributed by atoms with Gasteiger partial charge in [-0.2, -0.15) is 0 Å². The van der Waals surface area contributed by atoms with Crippen molar-refractivity contribution in [3.8, 4) is 0 Å². The Morgan fingerprint density at radius 2 is 1.81 bits per heavy atom. The van der Waals surface area contributed by atoms with Crippen molar-refractivity contribution in [3.05, 3.63) is 82.0 Å². The molecule has 3 rings (SSSR count). The number of hydrogen-bond acceptors (Lipinski definition) is 2. The topological polar surface area (TPSA) is 24.1 Å². The molecule has 1 fully saturated rings. The molecular formula is C25H27Cl3N2S. The van der Waals surface area contributed by atoms with Gasteiger partial charge in [-0.25, -0.2) is 0 Å². The Kier molecular flexibility index (Phi) is 7.12. The zero-order valence-electron chi connectivity index (χ0n) is 18.2. The number of alkyl halides is 1. The minimum Gasteiger partial charge on any atom is -0.374 e. The SMILES string of the molecule is C=C(C(=S)NC(C)C)c1cc(NC(=C)C2C(c3cc(C)cc(Cl)c3)C2(C)Cl)ccc1Cl. The first-order valence-corrected chi connectivity index (χ1v) is 11.7. The summed E-state index contributed by atoms with van der Waals surface area (Å²) in [7, 11) is 0. The molecule has 0 spiro atoms. The highest BCUT2D eigenvalue weighted by Crippen LogP contribution is 2.64. The highest BCUT2D eigenvalue weighted by atomic mass is 35.5. The molecule has 1 aliphatic carbocycles. The van der Waals surface area contributed by atoms with Gasteiger partial charge in [0.25, 0.3) is 0 Å². The van der Waals surface area contributed by atoms with Crippen molar-refractivity contribution in [2.24, 2.45) is 5.92 Å². The molecule has 0 aliphatic heterocycles. The first-order valence-electron chi connectivity index (χ1n) is 10.1. The van der Waals surface area contributed by atoms with E-state index in [0.29, 0.717) is 15.6 Å². The lowest BCUT2D eigenvalue weighted by Crippen LogP contribution is -2.29. The Morgan fingerprint density at radius 1 is 1.13 bits per heavy atom. The summed E-state index contributed by atoms with van der Waals surface area (Å²) in [6.07, 6.45) is 0. The first kappa shape index (κ1) is 24.1. The van der Waals surface area contributed by atoms with E-state index in [2.05, 4.69) is 29.9 Å². The van der Waals surface area contributed by atoms with Gasteiger partial charge in [-0.05, 0) is 69.2 Å². The van der Waals surface area contributed by atoms with Crippen LogP contribution in [0, 0.1) is 12.8 Å². The summed E-state index contributed by atoms with van der Waals surface area (Å²) in [5, 5.41) is 7.94. The Balaban J connectivity index is 1.79. The van der Waals surface area contributed by atoms with E-state index in [1.165, 1.54) is 0 Å². The number of halogens is 3. The van der Waals surface area contributed by atoms with Gasteiger partial charge in [-0.15, -0.1) is 11.6 Å². The van der Waals surface area contributed by atoms with E-state index in [0.717, 1.165) is 33.1 Å². The van der Waals surface area contributed by atoms with Crippen LogP contribution in [0.25, 0.3) is 5.57 Å². The van der Waals surface area contributed by atoms with Crippen LogP contribution in [0.15, 0.2) is 55.3 Å². The molecule has 164 valence electrons. The van der Waals surface area contributed by atoms with Gasteiger partial charge in [-0.3, -0.25) is 0 Å². The summed E-state index contributed by atoms with van der Waals surface area (Å²) < 4.78 is 0. The van der Waals surface area contributed by atoms with Crippen LogP contribution in [0.4, 0.5) is 5.69 Å². The van der Waals surface area contributed by atoms with Crippen molar-refractivity contribution in [1.29, 1.82) is 0 Å². The van der Waals surface area contributed by atoms with Gasteiger partial charge < -0.3 is 10.6 Å². The molecular weight excluding hydrogens is 467 g/mol. The number of rotatable bonds is 7. The van der Waals surface area contributed by atoms with E-state index in [-0.39, 0.29) is 17.9 Å².